The number of nitrogens with two attached hydrogens (primary N) is 1. The molecular weight excluding hydrogens is 182 g/mol. The molecule has 2 atom stereocenters. The molecule has 0 aliphatic heterocycles. The van der Waals surface area contributed by atoms with Crippen molar-refractivity contribution in [2.24, 2.45) is 22.5 Å². The third kappa shape index (κ3) is 4.14. The van der Waals surface area contributed by atoms with Gasteiger partial charge in [-0.1, -0.05) is 40.5 Å². The number of rotatable bonds is 3. The molecule has 0 aromatic heterocycles. The maximum atomic E-state index is 6.03. The highest BCUT2D eigenvalue weighted by Crippen LogP contribution is 2.43. The zero-order valence-corrected chi connectivity index (χ0v) is 11.1. The Hall–Kier alpha value is -0.0400. The first kappa shape index (κ1) is 13.0. The molecule has 1 heteroatoms. The molecule has 2 unspecified atom stereocenters. The summed E-state index contributed by atoms with van der Waals surface area (Å²) in [5.41, 5.74) is 6.97. The summed E-state index contributed by atoms with van der Waals surface area (Å²) in [7, 11) is 0. The second kappa shape index (κ2) is 4.86. The van der Waals surface area contributed by atoms with Crippen LogP contribution in [0.4, 0.5) is 0 Å². The van der Waals surface area contributed by atoms with Crippen LogP contribution in [0.1, 0.15) is 66.2 Å². The van der Waals surface area contributed by atoms with Gasteiger partial charge < -0.3 is 5.73 Å². The first-order chi connectivity index (χ1) is 6.87. The summed E-state index contributed by atoms with van der Waals surface area (Å²) < 4.78 is 0. The second-order valence-corrected chi connectivity index (χ2v) is 6.97. The van der Waals surface area contributed by atoms with Gasteiger partial charge >= 0.3 is 0 Å². The van der Waals surface area contributed by atoms with Crippen LogP contribution in [0.2, 0.25) is 0 Å². The van der Waals surface area contributed by atoms with Crippen LogP contribution in [0.5, 0.6) is 0 Å². The molecule has 0 radical (unpaired) electrons. The Kier molecular flexibility index (Phi) is 4.22. The quantitative estimate of drug-likeness (QED) is 0.751. The van der Waals surface area contributed by atoms with Gasteiger partial charge in [-0.15, -0.1) is 0 Å². The molecule has 1 saturated carbocycles. The fourth-order valence-electron chi connectivity index (χ4n) is 2.92. The zero-order chi connectivity index (χ0) is 11.5. The molecule has 1 aliphatic rings. The average Bonchev–Trinajstić information content (AvgIpc) is 2.14. The third-order valence-corrected chi connectivity index (χ3v) is 4.02. The molecule has 0 aromatic rings. The van der Waals surface area contributed by atoms with E-state index in [0.717, 1.165) is 12.5 Å². The van der Waals surface area contributed by atoms with Crippen molar-refractivity contribution in [2.75, 3.05) is 6.54 Å². The topological polar surface area (TPSA) is 26.0 Å². The van der Waals surface area contributed by atoms with E-state index in [1.165, 1.54) is 38.5 Å². The first-order valence-electron chi connectivity index (χ1n) is 6.57. The summed E-state index contributed by atoms with van der Waals surface area (Å²) >= 11 is 0. The molecule has 1 fully saturated rings. The normalized spacial score (nSPS) is 33.0. The highest BCUT2D eigenvalue weighted by molar-refractivity contribution is 4.87. The van der Waals surface area contributed by atoms with Gasteiger partial charge in [-0.05, 0) is 49.0 Å². The van der Waals surface area contributed by atoms with Gasteiger partial charge in [0.1, 0.15) is 0 Å². The third-order valence-electron chi connectivity index (χ3n) is 4.02. The smallest absolute Gasteiger partial charge is 0.00204 e. The van der Waals surface area contributed by atoms with Gasteiger partial charge in [-0.3, -0.25) is 0 Å². The minimum atomic E-state index is 0.461. The Morgan fingerprint density at radius 2 is 2.00 bits per heavy atom. The molecule has 0 amide bonds. The Bertz CT molecular complexity index is 192. The lowest BCUT2D eigenvalue weighted by molar-refractivity contribution is 0.122. The van der Waals surface area contributed by atoms with Crippen molar-refractivity contribution < 1.29 is 0 Å². The van der Waals surface area contributed by atoms with Crippen molar-refractivity contribution in [2.45, 2.75) is 66.2 Å². The van der Waals surface area contributed by atoms with E-state index in [1.807, 2.05) is 0 Å². The molecule has 1 rings (SSSR count). The lowest BCUT2D eigenvalue weighted by atomic mass is 9.66. The summed E-state index contributed by atoms with van der Waals surface area (Å²) in [6, 6.07) is 0. The number of hydrogen-bond acceptors (Lipinski definition) is 1. The maximum Gasteiger partial charge on any atom is -0.00204 e. The van der Waals surface area contributed by atoms with Gasteiger partial charge in [-0.25, -0.2) is 0 Å². The molecule has 0 spiro atoms. The first-order valence-corrected chi connectivity index (χ1v) is 6.57. The standard InChI is InChI=1S/C14H29N/c1-12-6-5-7-14(10-12,11-15)9-8-13(2,3)4/h12H,5-11,15H2,1-4H3. The van der Waals surface area contributed by atoms with Crippen LogP contribution >= 0.6 is 0 Å². The Balaban J connectivity index is 2.52. The van der Waals surface area contributed by atoms with Crippen molar-refractivity contribution >= 4 is 0 Å². The molecule has 1 nitrogen and oxygen atoms in total. The van der Waals surface area contributed by atoms with Crippen LogP contribution in [-0.4, -0.2) is 6.54 Å². The fourth-order valence-corrected chi connectivity index (χ4v) is 2.92. The van der Waals surface area contributed by atoms with Crippen LogP contribution in [0.3, 0.4) is 0 Å². The van der Waals surface area contributed by atoms with Gasteiger partial charge in [0, 0.05) is 0 Å². The van der Waals surface area contributed by atoms with Gasteiger partial charge in [0.2, 0.25) is 0 Å². The van der Waals surface area contributed by atoms with Gasteiger partial charge in [-0.2, -0.15) is 0 Å². The van der Waals surface area contributed by atoms with Crippen molar-refractivity contribution in [1.29, 1.82) is 0 Å². The van der Waals surface area contributed by atoms with Gasteiger partial charge in [0.05, 0.1) is 0 Å². The molecule has 15 heavy (non-hydrogen) atoms. The van der Waals surface area contributed by atoms with Crippen molar-refractivity contribution in [3.8, 4) is 0 Å². The molecule has 0 aromatic carbocycles. The Morgan fingerprint density at radius 1 is 1.33 bits per heavy atom. The van der Waals surface area contributed by atoms with Crippen LogP contribution in [-0.2, 0) is 0 Å². The predicted molar refractivity (Wildman–Crippen MR) is 67.8 cm³/mol. The fraction of sp³-hybridized carbons (Fsp3) is 1.00. The van der Waals surface area contributed by atoms with Crippen molar-refractivity contribution in [1.82, 2.24) is 0 Å². The second-order valence-electron chi connectivity index (χ2n) is 6.97. The maximum absolute atomic E-state index is 6.03. The highest BCUT2D eigenvalue weighted by atomic mass is 14.6. The molecular formula is C14H29N. The van der Waals surface area contributed by atoms with Crippen molar-refractivity contribution in [3.05, 3.63) is 0 Å². The number of hydrogen-bond donors (Lipinski definition) is 1. The van der Waals surface area contributed by atoms with E-state index >= 15 is 0 Å². The Morgan fingerprint density at radius 3 is 2.47 bits per heavy atom. The summed E-state index contributed by atoms with van der Waals surface area (Å²) in [4.78, 5) is 0. The molecule has 0 saturated heterocycles. The van der Waals surface area contributed by atoms with E-state index in [-0.39, 0.29) is 0 Å². The van der Waals surface area contributed by atoms with Crippen LogP contribution in [0, 0.1) is 16.7 Å². The predicted octanol–water partition coefficient (Wildman–Crippen LogP) is 3.97. The monoisotopic (exact) mass is 211 g/mol. The summed E-state index contributed by atoms with van der Waals surface area (Å²) in [6.45, 7) is 10.3. The minimum absolute atomic E-state index is 0.461. The van der Waals surface area contributed by atoms with Crippen LogP contribution in [0.25, 0.3) is 0 Å². The van der Waals surface area contributed by atoms with Crippen LogP contribution in [0.15, 0.2) is 0 Å². The van der Waals surface area contributed by atoms with E-state index in [9.17, 15) is 0 Å². The zero-order valence-electron chi connectivity index (χ0n) is 11.1. The average molecular weight is 211 g/mol. The van der Waals surface area contributed by atoms with E-state index in [2.05, 4.69) is 27.7 Å². The summed E-state index contributed by atoms with van der Waals surface area (Å²) in [5, 5.41) is 0. The Labute approximate surface area is 95.8 Å². The van der Waals surface area contributed by atoms with Gasteiger partial charge in [0.15, 0.2) is 0 Å². The summed E-state index contributed by atoms with van der Waals surface area (Å²) in [5.74, 6) is 0.891. The largest absolute Gasteiger partial charge is 0.330 e. The summed E-state index contributed by atoms with van der Waals surface area (Å²) in [6.07, 6.45) is 8.18. The SMILES string of the molecule is CC1CCCC(CN)(CCC(C)(C)C)C1. The van der Waals surface area contributed by atoms with Crippen LogP contribution < -0.4 is 5.73 Å². The molecule has 0 heterocycles. The highest BCUT2D eigenvalue weighted by Gasteiger charge is 2.34. The van der Waals surface area contributed by atoms with E-state index in [4.69, 9.17) is 5.73 Å². The molecule has 1 aliphatic carbocycles. The molecule has 2 N–H and O–H groups in total. The minimum Gasteiger partial charge on any atom is -0.330 e. The van der Waals surface area contributed by atoms with Crippen molar-refractivity contribution in [3.63, 3.8) is 0 Å². The lowest BCUT2D eigenvalue weighted by Gasteiger charge is -2.41. The van der Waals surface area contributed by atoms with E-state index < -0.39 is 0 Å². The molecule has 0 bridgehead atoms. The van der Waals surface area contributed by atoms with Gasteiger partial charge in [0.25, 0.3) is 0 Å². The van der Waals surface area contributed by atoms with E-state index in [1.54, 1.807) is 0 Å². The van der Waals surface area contributed by atoms with E-state index in [0.29, 0.717) is 10.8 Å². The lowest BCUT2D eigenvalue weighted by Crippen LogP contribution is -2.36. The molecule has 90 valence electrons.